The summed E-state index contributed by atoms with van der Waals surface area (Å²) in [6.07, 6.45) is 23.6. The molecule has 0 bridgehead atoms. The fraction of sp³-hybridized carbons (Fsp3) is 0.645. The minimum atomic E-state index is -0.211. The summed E-state index contributed by atoms with van der Waals surface area (Å²) in [6.45, 7) is 5.24. The Morgan fingerprint density at radius 2 is 1.14 bits per heavy atom. The zero-order valence-electron chi connectivity index (χ0n) is 22.8. The standard InChI is InChI=1S/C31H48N2O3/c1-3-5-7-9-11-12-13-15-17-19-30(34)36-29-25-32-31(33-26-29)27-20-22-28(23-21-27)35-24-18-16-14-10-8-6-4-2/h20-23,25-26H,3-19,24H2,1-2H3. The van der Waals surface area contributed by atoms with Gasteiger partial charge in [0.15, 0.2) is 11.6 Å². The smallest absolute Gasteiger partial charge is 0.311 e. The number of carbonyl (C=O) groups excluding carboxylic acids is 1. The molecule has 200 valence electrons. The van der Waals surface area contributed by atoms with E-state index < -0.39 is 0 Å². The number of aromatic nitrogens is 2. The van der Waals surface area contributed by atoms with Crippen LogP contribution in [0.25, 0.3) is 11.4 Å². The molecule has 0 unspecified atom stereocenters. The van der Waals surface area contributed by atoms with Gasteiger partial charge >= 0.3 is 5.97 Å². The molecular weight excluding hydrogens is 448 g/mol. The second-order valence-corrected chi connectivity index (χ2v) is 9.79. The number of hydrogen-bond donors (Lipinski definition) is 0. The number of ether oxygens (including phenoxy) is 2. The quantitative estimate of drug-likeness (QED) is 0.127. The number of rotatable bonds is 21. The van der Waals surface area contributed by atoms with Gasteiger partial charge in [0, 0.05) is 12.0 Å². The summed E-state index contributed by atoms with van der Waals surface area (Å²) in [5, 5.41) is 0. The zero-order valence-corrected chi connectivity index (χ0v) is 22.8. The van der Waals surface area contributed by atoms with Crippen molar-refractivity contribution in [1.82, 2.24) is 9.97 Å². The summed E-state index contributed by atoms with van der Waals surface area (Å²) in [5.41, 5.74) is 0.908. The molecule has 0 spiro atoms. The summed E-state index contributed by atoms with van der Waals surface area (Å²) in [4.78, 5) is 20.8. The molecule has 0 saturated carbocycles. The average molecular weight is 497 g/mol. The third kappa shape index (κ3) is 13.6. The van der Waals surface area contributed by atoms with E-state index in [1.807, 2.05) is 24.3 Å². The van der Waals surface area contributed by atoms with E-state index in [4.69, 9.17) is 9.47 Å². The molecule has 5 nitrogen and oxygen atoms in total. The molecule has 1 heterocycles. The molecule has 0 N–H and O–H groups in total. The Hall–Kier alpha value is -2.43. The molecule has 0 saturated heterocycles. The Balaban J connectivity index is 1.60. The van der Waals surface area contributed by atoms with Crippen LogP contribution in [0.1, 0.15) is 123 Å². The zero-order chi connectivity index (χ0) is 25.7. The highest BCUT2D eigenvalue weighted by Crippen LogP contribution is 2.21. The van der Waals surface area contributed by atoms with E-state index in [0.29, 0.717) is 18.0 Å². The maximum absolute atomic E-state index is 12.1. The first-order valence-corrected chi connectivity index (χ1v) is 14.5. The number of unbranched alkanes of at least 4 members (excludes halogenated alkanes) is 14. The normalized spacial score (nSPS) is 10.9. The van der Waals surface area contributed by atoms with E-state index in [2.05, 4.69) is 23.8 Å². The van der Waals surface area contributed by atoms with Gasteiger partial charge in [0.1, 0.15) is 5.75 Å². The van der Waals surface area contributed by atoms with E-state index in [-0.39, 0.29) is 5.97 Å². The van der Waals surface area contributed by atoms with E-state index >= 15 is 0 Å². The molecule has 0 aliphatic rings. The van der Waals surface area contributed by atoms with Gasteiger partial charge in [-0.25, -0.2) is 9.97 Å². The van der Waals surface area contributed by atoms with Gasteiger partial charge in [0.25, 0.3) is 0 Å². The van der Waals surface area contributed by atoms with Crippen LogP contribution in [0.2, 0.25) is 0 Å². The molecule has 1 aromatic carbocycles. The van der Waals surface area contributed by atoms with Crippen LogP contribution in [0.15, 0.2) is 36.7 Å². The predicted octanol–water partition coefficient (Wildman–Crippen LogP) is 9.10. The number of carbonyl (C=O) groups is 1. The van der Waals surface area contributed by atoms with Crippen LogP contribution in [0.3, 0.4) is 0 Å². The minimum absolute atomic E-state index is 0.211. The van der Waals surface area contributed by atoms with Crippen LogP contribution in [0.4, 0.5) is 0 Å². The third-order valence-corrected chi connectivity index (χ3v) is 6.47. The van der Waals surface area contributed by atoms with Crippen LogP contribution >= 0.6 is 0 Å². The van der Waals surface area contributed by atoms with Crippen molar-refractivity contribution in [2.45, 2.75) is 123 Å². The van der Waals surface area contributed by atoms with Crippen LogP contribution < -0.4 is 9.47 Å². The van der Waals surface area contributed by atoms with Crippen LogP contribution in [-0.4, -0.2) is 22.5 Å². The maximum atomic E-state index is 12.1. The summed E-state index contributed by atoms with van der Waals surface area (Å²) in [5.74, 6) is 1.66. The molecule has 36 heavy (non-hydrogen) atoms. The fourth-order valence-corrected chi connectivity index (χ4v) is 4.23. The van der Waals surface area contributed by atoms with Gasteiger partial charge in [-0.1, -0.05) is 104 Å². The highest BCUT2D eigenvalue weighted by molar-refractivity contribution is 5.72. The molecule has 0 atom stereocenters. The summed E-state index contributed by atoms with van der Waals surface area (Å²) in [7, 11) is 0. The Labute approximate surface area is 219 Å². The number of benzene rings is 1. The van der Waals surface area contributed by atoms with E-state index in [9.17, 15) is 4.79 Å². The van der Waals surface area contributed by atoms with E-state index in [1.54, 1.807) is 12.4 Å². The van der Waals surface area contributed by atoms with Gasteiger partial charge < -0.3 is 9.47 Å². The average Bonchev–Trinajstić information content (AvgIpc) is 2.90. The van der Waals surface area contributed by atoms with Crippen molar-refractivity contribution >= 4 is 5.97 Å². The molecule has 0 amide bonds. The lowest BCUT2D eigenvalue weighted by atomic mass is 10.1. The van der Waals surface area contributed by atoms with Gasteiger partial charge in [0.2, 0.25) is 0 Å². The van der Waals surface area contributed by atoms with Gasteiger partial charge in [-0.2, -0.15) is 0 Å². The van der Waals surface area contributed by atoms with Crippen molar-refractivity contribution in [2.24, 2.45) is 0 Å². The van der Waals surface area contributed by atoms with Crippen molar-refractivity contribution in [3.8, 4) is 22.9 Å². The van der Waals surface area contributed by atoms with Crippen molar-refractivity contribution in [1.29, 1.82) is 0 Å². The highest BCUT2D eigenvalue weighted by Gasteiger charge is 2.07. The molecule has 1 aromatic heterocycles. The van der Waals surface area contributed by atoms with Crippen molar-refractivity contribution < 1.29 is 14.3 Å². The van der Waals surface area contributed by atoms with E-state index in [0.717, 1.165) is 37.2 Å². The Morgan fingerprint density at radius 1 is 0.639 bits per heavy atom. The monoisotopic (exact) mass is 496 g/mol. The Bertz CT molecular complexity index is 806. The lowest BCUT2D eigenvalue weighted by Crippen LogP contribution is -2.08. The number of nitrogens with zero attached hydrogens (tertiary/aromatic N) is 2. The molecule has 2 aromatic rings. The third-order valence-electron chi connectivity index (χ3n) is 6.47. The van der Waals surface area contributed by atoms with Crippen LogP contribution in [0.5, 0.6) is 11.5 Å². The molecule has 0 aliphatic carbocycles. The van der Waals surface area contributed by atoms with Gasteiger partial charge in [-0.15, -0.1) is 0 Å². The van der Waals surface area contributed by atoms with E-state index in [1.165, 1.54) is 83.5 Å². The lowest BCUT2D eigenvalue weighted by Gasteiger charge is -2.08. The largest absolute Gasteiger partial charge is 0.494 e. The lowest BCUT2D eigenvalue weighted by molar-refractivity contribution is -0.134. The first kappa shape index (κ1) is 29.8. The molecule has 0 radical (unpaired) electrons. The van der Waals surface area contributed by atoms with Gasteiger partial charge in [0.05, 0.1) is 19.0 Å². The van der Waals surface area contributed by atoms with Crippen LogP contribution in [0, 0.1) is 0 Å². The van der Waals surface area contributed by atoms with Crippen molar-refractivity contribution in [3.05, 3.63) is 36.7 Å². The minimum Gasteiger partial charge on any atom is -0.494 e. The Kier molecular flexibility index (Phi) is 16.3. The second kappa shape index (κ2) is 19.7. The Morgan fingerprint density at radius 3 is 1.69 bits per heavy atom. The molecule has 0 aliphatic heterocycles. The summed E-state index contributed by atoms with van der Waals surface area (Å²) < 4.78 is 11.3. The molecular formula is C31H48N2O3. The highest BCUT2D eigenvalue weighted by atomic mass is 16.5. The van der Waals surface area contributed by atoms with Crippen LogP contribution in [-0.2, 0) is 4.79 Å². The first-order chi connectivity index (χ1) is 17.7. The topological polar surface area (TPSA) is 61.3 Å². The SMILES string of the molecule is CCCCCCCCCCCC(=O)Oc1cnc(-c2ccc(OCCCCCCCCC)cc2)nc1. The number of esters is 1. The van der Waals surface area contributed by atoms with Crippen molar-refractivity contribution in [2.75, 3.05) is 6.61 Å². The van der Waals surface area contributed by atoms with Gasteiger partial charge in [-0.05, 0) is 37.1 Å². The summed E-state index contributed by atoms with van der Waals surface area (Å²) >= 11 is 0. The summed E-state index contributed by atoms with van der Waals surface area (Å²) in [6, 6.07) is 7.84. The molecule has 5 heteroatoms. The molecule has 0 fully saturated rings. The first-order valence-electron chi connectivity index (χ1n) is 14.5. The maximum Gasteiger partial charge on any atom is 0.311 e. The number of hydrogen-bond acceptors (Lipinski definition) is 5. The van der Waals surface area contributed by atoms with Crippen molar-refractivity contribution in [3.63, 3.8) is 0 Å². The second-order valence-electron chi connectivity index (χ2n) is 9.79. The fourth-order valence-electron chi connectivity index (χ4n) is 4.23. The molecule has 2 rings (SSSR count). The predicted molar refractivity (Wildman–Crippen MR) is 148 cm³/mol. The van der Waals surface area contributed by atoms with Gasteiger partial charge in [-0.3, -0.25) is 4.79 Å².